The molecule has 158 valence electrons. The van der Waals surface area contributed by atoms with Crippen LogP contribution in [0.5, 0.6) is 5.75 Å². The maximum atomic E-state index is 12.1. The van der Waals surface area contributed by atoms with Crippen molar-refractivity contribution in [2.24, 2.45) is 0 Å². The van der Waals surface area contributed by atoms with E-state index in [-0.39, 0.29) is 12.0 Å². The number of nitrogens with one attached hydrogen (secondary N) is 1. The molecule has 4 rings (SSSR count). The fraction of sp³-hybridized carbons (Fsp3) is 0.167. The number of aromatic nitrogens is 1. The number of sulfone groups is 1. The van der Waals surface area contributed by atoms with Crippen molar-refractivity contribution in [3.63, 3.8) is 0 Å². The van der Waals surface area contributed by atoms with Crippen LogP contribution in [-0.4, -0.2) is 38.2 Å². The van der Waals surface area contributed by atoms with Gasteiger partial charge >= 0.3 is 0 Å². The van der Waals surface area contributed by atoms with Gasteiger partial charge in [0.05, 0.1) is 11.4 Å². The highest BCUT2D eigenvalue weighted by atomic mass is 32.2. The first kappa shape index (κ1) is 20.8. The van der Waals surface area contributed by atoms with Crippen molar-refractivity contribution < 1.29 is 17.9 Å². The third kappa shape index (κ3) is 5.19. The molecule has 2 heterocycles. The fourth-order valence-corrected chi connectivity index (χ4v) is 4.06. The van der Waals surface area contributed by atoms with Gasteiger partial charge in [-0.2, -0.15) is 0 Å². The SMILES string of the molecule is CS(=O)(=O)c1ccc(-c2ccc3c(c2)CC(CNC(=O)C=Cc2ccncc2)O3)cc1. The topological polar surface area (TPSA) is 85.4 Å². The van der Waals surface area contributed by atoms with Crippen molar-refractivity contribution in [2.75, 3.05) is 12.8 Å². The van der Waals surface area contributed by atoms with Crippen LogP contribution in [0.1, 0.15) is 11.1 Å². The van der Waals surface area contributed by atoms with E-state index in [9.17, 15) is 13.2 Å². The molecule has 1 aliphatic heterocycles. The van der Waals surface area contributed by atoms with Crippen molar-refractivity contribution in [3.05, 3.63) is 84.2 Å². The summed E-state index contributed by atoms with van der Waals surface area (Å²) in [5.41, 5.74) is 3.91. The van der Waals surface area contributed by atoms with Gasteiger partial charge in [-0.05, 0) is 64.7 Å². The predicted octanol–water partition coefficient (Wildman–Crippen LogP) is 3.29. The molecule has 1 amide bonds. The Morgan fingerprint density at radius 2 is 1.81 bits per heavy atom. The Bertz CT molecular complexity index is 1220. The number of benzene rings is 2. The van der Waals surface area contributed by atoms with Crippen LogP contribution in [0.4, 0.5) is 0 Å². The van der Waals surface area contributed by atoms with Crippen LogP contribution in [-0.2, 0) is 21.1 Å². The third-order valence-electron chi connectivity index (χ3n) is 5.05. The minimum absolute atomic E-state index is 0.129. The Kier molecular flexibility index (Phi) is 5.86. The van der Waals surface area contributed by atoms with Gasteiger partial charge in [0.2, 0.25) is 5.91 Å². The summed E-state index contributed by atoms with van der Waals surface area (Å²) in [5.74, 6) is 0.631. The van der Waals surface area contributed by atoms with E-state index in [1.807, 2.05) is 24.3 Å². The number of pyridine rings is 1. The van der Waals surface area contributed by atoms with Gasteiger partial charge in [-0.25, -0.2) is 8.42 Å². The van der Waals surface area contributed by atoms with Crippen LogP contribution in [0.25, 0.3) is 17.2 Å². The number of fused-ring (bicyclic) bond motifs is 1. The van der Waals surface area contributed by atoms with Crippen molar-refractivity contribution >= 4 is 21.8 Å². The van der Waals surface area contributed by atoms with Gasteiger partial charge in [0.1, 0.15) is 11.9 Å². The zero-order chi connectivity index (χ0) is 21.8. The first-order chi connectivity index (χ1) is 14.9. The Morgan fingerprint density at radius 1 is 1.10 bits per heavy atom. The van der Waals surface area contributed by atoms with E-state index in [1.165, 1.54) is 12.3 Å². The molecule has 0 aliphatic carbocycles. The maximum Gasteiger partial charge on any atom is 0.244 e. The van der Waals surface area contributed by atoms with Crippen LogP contribution in [0.2, 0.25) is 0 Å². The van der Waals surface area contributed by atoms with Gasteiger partial charge in [-0.15, -0.1) is 0 Å². The number of amides is 1. The van der Waals surface area contributed by atoms with Crippen LogP contribution in [0, 0.1) is 0 Å². The van der Waals surface area contributed by atoms with Crippen LogP contribution < -0.4 is 10.1 Å². The molecule has 7 heteroatoms. The first-order valence-electron chi connectivity index (χ1n) is 9.84. The molecule has 3 aromatic rings. The second kappa shape index (κ2) is 8.73. The molecule has 1 atom stereocenters. The molecule has 0 saturated carbocycles. The molecule has 0 bridgehead atoms. The molecule has 1 aromatic heterocycles. The van der Waals surface area contributed by atoms with Gasteiger partial charge in [0, 0.05) is 31.1 Å². The van der Waals surface area contributed by atoms with Crippen molar-refractivity contribution in [2.45, 2.75) is 17.4 Å². The molecule has 1 aliphatic rings. The Labute approximate surface area is 181 Å². The Hall–Kier alpha value is -3.45. The molecule has 0 spiro atoms. The highest BCUT2D eigenvalue weighted by Crippen LogP contribution is 2.33. The molecular formula is C24H22N2O4S. The summed E-state index contributed by atoms with van der Waals surface area (Å²) in [6.45, 7) is 0.409. The van der Waals surface area contributed by atoms with E-state index in [1.54, 1.807) is 42.7 Å². The lowest BCUT2D eigenvalue weighted by Crippen LogP contribution is -2.33. The normalized spacial score (nSPS) is 15.5. The average molecular weight is 435 g/mol. The van der Waals surface area contributed by atoms with Gasteiger partial charge in [0.25, 0.3) is 0 Å². The first-order valence-corrected chi connectivity index (χ1v) is 11.7. The molecule has 0 radical (unpaired) electrons. The molecule has 2 aromatic carbocycles. The maximum absolute atomic E-state index is 12.1. The Morgan fingerprint density at radius 3 is 2.52 bits per heavy atom. The number of ether oxygens (including phenoxy) is 1. The minimum atomic E-state index is -3.21. The van der Waals surface area contributed by atoms with Gasteiger partial charge in [-0.3, -0.25) is 9.78 Å². The van der Waals surface area contributed by atoms with Crippen LogP contribution in [0.3, 0.4) is 0 Å². The summed E-state index contributed by atoms with van der Waals surface area (Å²) in [7, 11) is -3.21. The zero-order valence-electron chi connectivity index (χ0n) is 17.0. The number of hydrogen-bond acceptors (Lipinski definition) is 5. The average Bonchev–Trinajstić information content (AvgIpc) is 3.19. The van der Waals surface area contributed by atoms with E-state index in [4.69, 9.17) is 4.74 Å². The largest absolute Gasteiger partial charge is 0.488 e. The molecule has 1 unspecified atom stereocenters. The van der Waals surface area contributed by atoms with Crippen LogP contribution in [0.15, 0.2) is 78.0 Å². The second-order valence-corrected chi connectivity index (χ2v) is 9.44. The molecule has 0 saturated heterocycles. The van der Waals surface area contributed by atoms with E-state index in [0.717, 1.165) is 28.0 Å². The number of hydrogen-bond donors (Lipinski definition) is 1. The van der Waals surface area contributed by atoms with E-state index in [0.29, 0.717) is 17.9 Å². The van der Waals surface area contributed by atoms with Gasteiger partial charge < -0.3 is 10.1 Å². The van der Waals surface area contributed by atoms with E-state index in [2.05, 4.69) is 16.4 Å². The fourth-order valence-electron chi connectivity index (χ4n) is 3.43. The number of rotatable bonds is 6. The van der Waals surface area contributed by atoms with E-state index < -0.39 is 9.84 Å². The van der Waals surface area contributed by atoms with Crippen molar-refractivity contribution in [1.29, 1.82) is 0 Å². The quantitative estimate of drug-likeness (QED) is 0.602. The number of carbonyl (C=O) groups is 1. The lowest BCUT2D eigenvalue weighted by Gasteiger charge is -2.10. The number of carbonyl (C=O) groups excluding carboxylic acids is 1. The standard InChI is InChI=1S/C24H22N2O4S/c1-31(28,29)22-6-3-18(4-7-22)19-5-8-23-20(14-19)15-21(30-23)16-26-24(27)9-2-17-10-12-25-13-11-17/h2-14,21H,15-16H2,1H3,(H,26,27). The molecular weight excluding hydrogens is 412 g/mol. The van der Waals surface area contributed by atoms with E-state index >= 15 is 0 Å². The summed E-state index contributed by atoms with van der Waals surface area (Å²) < 4.78 is 29.2. The monoisotopic (exact) mass is 434 g/mol. The minimum Gasteiger partial charge on any atom is -0.488 e. The van der Waals surface area contributed by atoms with Gasteiger partial charge in [0.15, 0.2) is 9.84 Å². The summed E-state index contributed by atoms with van der Waals surface area (Å²) >= 11 is 0. The lowest BCUT2D eigenvalue weighted by molar-refractivity contribution is -0.116. The van der Waals surface area contributed by atoms with Crippen molar-refractivity contribution in [3.8, 4) is 16.9 Å². The summed E-state index contributed by atoms with van der Waals surface area (Å²) in [6, 6.07) is 16.4. The smallest absolute Gasteiger partial charge is 0.244 e. The lowest BCUT2D eigenvalue weighted by atomic mass is 10.0. The summed E-state index contributed by atoms with van der Waals surface area (Å²) in [4.78, 5) is 16.3. The van der Waals surface area contributed by atoms with Crippen molar-refractivity contribution in [1.82, 2.24) is 10.3 Å². The summed E-state index contributed by atoms with van der Waals surface area (Å²) in [5, 5.41) is 2.87. The second-order valence-electron chi connectivity index (χ2n) is 7.42. The number of nitrogens with zero attached hydrogens (tertiary/aromatic N) is 1. The molecule has 1 N–H and O–H groups in total. The molecule has 0 fully saturated rings. The predicted molar refractivity (Wildman–Crippen MR) is 119 cm³/mol. The zero-order valence-corrected chi connectivity index (χ0v) is 17.8. The molecule has 6 nitrogen and oxygen atoms in total. The highest BCUT2D eigenvalue weighted by molar-refractivity contribution is 7.90. The van der Waals surface area contributed by atoms with Gasteiger partial charge in [-0.1, -0.05) is 18.2 Å². The third-order valence-corrected chi connectivity index (χ3v) is 6.18. The molecule has 31 heavy (non-hydrogen) atoms. The Balaban J connectivity index is 1.36. The van der Waals surface area contributed by atoms with Crippen LogP contribution >= 0.6 is 0 Å². The highest BCUT2D eigenvalue weighted by Gasteiger charge is 2.23. The summed E-state index contributed by atoms with van der Waals surface area (Å²) in [6.07, 6.45) is 8.35.